The summed E-state index contributed by atoms with van der Waals surface area (Å²) in [5.74, 6) is 0.899. The van der Waals surface area contributed by atoms with Crippen molar-refractivity contribution in [3.05, 3.63) is 22.4 Å². The second-order valence-electron chi connectivity index (χ2n) is 5.77. The molecule has 0 spiro atoms. The van der Waals surface area contributed by atoms with E-state index in [2.05, 4.69) is 45.0 Å². The van der Waals surface area contributed by atoms with E-state index in [4.69, 9.17) is 4.74 Å². The summed E-state index contributed by atoms with van der Waals surface area (Å²) < 4.78 is 5.50. The highest BCUT2D eigenvalue weighted by Gasteiger charge is 2.23. The Hall–Kier alpha value is -0.380. The molecular weight excluding hydrogens is 435 g/mol. The van der Waals surface area contributed by atoms with E-state index in [0.29, 0.717) is 6.04 Å². The minimum Gasteiger partial charge on any atom is -0.379 e. The number of hydrogen-bond acceptors (Lipinski definition) is 4. The molecule has 1 aromatic heterocycles. The quantitative estimate of drug-likeness (QED) is 0.268. The van der Waals surface area contributed by atoms with Crippen LogP contribution in [0.3, 0.4) is 0 Å². The van der Waals surface area contributed by atoms with Crippen molar-refractivity contribution in [1.82, 2.24) is 15.5 Å². The van der Waals surface area contributed by atoms with Gasteiger partial charge in [0, 0.05) is 38.1 Å². The first-order valence-electron chi connectivity index (χ1n) is 8.65. The van der Waals surface area contributed by atoms with Crippen molar-refractivity contribution >= 4 is 41.3 Å². The number of hydrogen-bond donors (Lipinski definition) is 2. The number of nitrogens with zero attached hydrogens (tertiary/aromatic N) is 2. The standard InChI is InChI=1S/C17H30N4OS.HI/c1-3-4-5-8-19-17(18-2)20-14-15(16-7-6-13-23-16)21-9-11-22-12-10-21;/h6-7,13,15H,3-5,8-12,14H2,1-2H3,(H2,18,19,20);1H. The van der Waals surface area contributed by atoms with Crippen molar-refractivity contribution < 1.29 is 4.74 Å². The Morgan fingerprint density at radius 3 is 2.75 bits per heavy atom. The van der Waals surface area contributed by atoms with E-state index < -0.39 is 0 Å². The number of thiophene rings is 1. The lowest BCUT2D eigenvalue weighted by Crippen LogP contribution is -2.46. The number of rotatable bonds is 8. The molecule has 0 saturated carbocycles. The minimum atomic E-state index is 0. The molecule has 138 valence electrons. The van der Waals surface area contributed by atoms with Crippen LogP contribution in [0.25, 0.3) is 0 Å². The lowest BCUT2D eigenvalue weighted by Gasteiger charge is -2.34. The van der Waals surface area contributed by atoms with Crippen LogP contribution in [0.2, 0.25) is 0 Å². The largest absolute Gasteiger partial charge is 0.379 e. The monoisotopic (exact) mass is 466 g/mol. The smallest absolute Gasteiger partial charge is 0.191 e. The lowest BCUT2D eigenvalue weighted by molar-refractivity contribution is 0.0177. The Balaban J connectivity index is 0.00000288. The minimum absolute atomic E-state index is 0. The summed E-state index contributed by atoms with van der Waals surface area (Å²) in [4.78, 5) is 8.25. The number of guanidine groups is 1. The first kappa shape index (κ1) is 21.7. The van der Waals surface area contributed by atoms with E-state index in [0.717, 1.165) is 45.4 Å². The maximum Gasteiger partial charge on any atom is 0.191 e. The number of halogens is 1. The Kier molecular flexibility index (Phi) is 11.7. The predicted molar refractivity (Wildman–Crippen MR) is 114 cm³/mol. The van der Waals surface area contributed by atoms with Crippen LogP contribution in [0.4, 0.5) is 0 Å². The maximum atomic E-state index is 5.50. The zero-order chi connectivity index (χ0) is 16.3. The van der Waals surface area contributed by atoms with Gasteiger partial charge >= 0.3 is 0 Å². The van der Waals surface area contributed by atoms with Crippen LogP contribution >= 0.6 is 35.3 Å². The fourth-order valence-corrected chi connectivity index (χ4v) is 3.64. The van der Waals surface area contributed by atoms with Gasteiger partial charge in [0.15, 0.2) is 5.96 Å². The van der Waals surface area contributed by atoms with E-state index >= 15 is 0 Å². The first-order chi connectivity index (χ1) is 11.3. The number of aliphatic imine (C=N–C) groups is 1. The molecule has 1 saturated heterocycles. The molecule has 1 aliphatic heterocycles. The van der Waals surface area contributed by atoms with Crippen molar-refractivity contribution in [2.24, 2.45) is 4.99 Å². The van der Waals surface area contributed by atoms with Gasteiger partial charge in [-0.05, 0) is 17.9 Å². The Bertz CT molecular complexity index is 449. The third-order valence-corrected chi connectivity index (χ3v) is 5.09. The fourth-order valence-electron chi connectivity index (χ4n) is 2.78. The predicted octanol–water partition coefficient (Wildman–Crippen LogP) is 3.09. The SMILES string of the molecule is CCCCCNC(=NC)NCC(c1cccs1)N1CCOCC1.I. The van der Waals surface area contributed by atoms with Crippen molar-refractivity contribution in [2.45, 2.75) is 32.2 Å². The van der Waals surface area contributed by atoms with E-state index in [9.17, 15) is 0 Å². The van der Waals surface area contributed by atoms with Gasteiger partial charge in [-0.25, -0.2) is 0 Å². The number of ether oxygens (including phenoxy) is 1. The zero-order valence-corrected chi connectivity index (χ0v) is 17.9. The summed E-state index contributed by atoms with van der Waals surface area (Å²) >= 11 is 1.83. The van der Waals surface area contributed by atoms with Gasteiger partial charge in [0.2, 0.25) is 0 Å². The average Bonchev–Trinajstić information content (AvgIpc) is 3.12. The molecule has 1 aromatic rings. The molecule has 1 fully saturated rings. The molecule has 1 unspecified atom stereocenters. The first-order valence-corrected chi connectivity index (χ1v) is 9.52. The number of morpholine rings is 1. The summed E-state index contributed by atoms with van der Waals surface area (Å²) in [5.41, 5.74) is 0. The second-order valence-corrected chi connectivity index (χ2v) is 6.75. The molecule has 1 atom stereocenters. The van der Waals surface area contributed by atoms with Gasteiger partial charge in [0.25, 0.3) is 0 Å². The Morgan fingerprint density at radius 1 is 1.33 bits per heavy atom. The van der Waals surface area contributed by atoms with E-state index in [1.165, 1.54) is 24.1 Å². The van der Waals surface area contributed by atoms with Crippen molar-refractivity contribution in [3.63, 3.8) is 0 Å². The normalized spacial score (nSPS) is 17.2. The topological polar surface area (TPSA) is 48.9 Å². The highest BCUT2D eigenvalue weighted by molar-refractivity contribution is 14.0. The summed E-state index contributed by atoms with van der Waals surface area (Å²) in [5, 5.41) is 9.06. The van der Waals surface area contributed by atoms with Gasteiger partial charge in [-0.3, -0.25) is 9.89 Å². The highest BCUT2D eigenvalue weighted by atomic mass is 127. The molecule has 2 heterocycles. The molecular formula is C17H31IN4OS. The van der Waals surface area contributed by atoms with Crippen LogP contribution in [-0.4, -0.2) is 57.3 Å². The third kappa shape index (κ3) is 7.25. The molecule has 24 heavy (non-hydrogen) atoms. The van der Waals surface area contributed by atoms with Gasteiger partial charge in [-0.1, -0.05) is 25.8 Å². The number of nitrogens with one attached hydrogen (secondary N) is 2. The number of unbranched alkanes of at least 4 members (excludes halogenated alkanes) is 2. The van der Waals surface area contributed by atoms with Gasteiger partial charge in [-0.2, -0.15) is 0 Å². The van der Waals surface area contributed by atoms with E-state index in [-0.39, 0.29) is 24.0 Å². The average molecular weight is 466 g/mol. The summed E-state index contributed by atoms with van der Waals surface area (Å²) in [7, 11) is 1.84. The van der Waals surface area contributed by atoms with Crippen molar-refractivity contribution in [1.29, 1.82) is 0 Å². The van der Waals surface area contributed by atoms with Crippen LogP contribution in [0.1, 0.15) is 37.1 Å². The molecule has 0 bridgehead atoms. The van der Waals surface area contributed by atoms with Crippen LogP contribution < -0.4 is 10.6 Å². The van der Waals surface area contributed by atoms with Crippen molar-refractivity contribution in [2.75, 3.05) is 46.4 Å². The van der Waals surface area contributed by atoms with Crippen molar-refractivity contribution in [3.8, 4) is 0 Å². The summed E-state index contributed by atoms with van der Waals surface area (Å²) in [6, 6.07) is 4.74. The maximum absolute atomic E-state index is 5.50. The van der Waals surface area contributed by atoms with E-state index in [1.807, 2.05) is 18.4 Å². The molecule has 5 nitrogen and oxygen atoms in total. The van der Waals surface area contributed by atoms with Crippen LogP contribution in [0.15, 0.2) is 22.5 Å². The van der Waals surface area contributed by atoms with Gasteiger partial charge < -0.3 is 15.4 Å². The molecule has 0 aliphatic carbocycles. The zero-order valence-electron chi connectivity index (χ0n) is 14.8. The molecule has 7 heteroatoms. The fraction of sp³-hybridized carbons (Fsp3) is 0.706. The molecule has 2 N–H and O–H groups in total. The molecule has 0 radical (unpaired) electrons. The van der Waals surface area contributed by atoms with Gasteiger partial charge in [0.05, 0.1) is 19.3 Å². The molecule has 0 amide bonds. The Labute approximate surface area is 167 Å². The van der Waals surface area contributed by atoms with Crippen LogP contribution in [0, 0.1) is 0 Å². The summed E-state index contributed by atoms with van der Waals surface area (Å²) in [6.07, 6.45) is 3.69. The molecule has 0 aromatic carbocycles. The Morgan fingerprint density at radius 2 is 2.12 bits per heavy atom. The molecule has 1 aliphatic rings. The molecule has 2 rings (SSSR count). The van der Waals surface area contributed by atoms with E-state index in [1.54, 1.807) is 0 Å². The summed E-state index contributed by atoms with van der Waals surface area (Å²) in [6.45, 7) is 7.71. The van der Waals surface area contributed by atoms with Crippen LogP contribution in [0.5, 0.6) is 0 Å². The highest BCUT2D eigenvalue weighted by Crippen LogP contribution is 2.25. The van der Waals surface area contributed by atoms with Gasteiger partial charge in [-0.15, -0.1) is 35.3 Å². The third-order valence-electron chi connectivity index (χ3n) is 4.12. The van der Waals surface area contributed by atoms with Crippen LogP contribution in [-0.2, 0) is 4.74 Å². The van der Waals surface area contributed by atoms with Gasteiger partial charge in [0.1, 0.15) is 0 Å². The second kappa shape index (κ2) is 12.9. The lowest BCUT2D eigenvalue weighted by atomic mass is 10.2.